The Morgan fingerprint density at radius 3 is 2.73 bits per heavy atom. The molecule has 1 aromatic rings. The summed E-state index contributed by atoms with van der Waals surface area (Å²) in [6.45, 7) is 4.96. The molecule has 2 saturated carbocycles. The Labute approximate surface area is 218 Å². The van der Waals surface area contributed by atoms with Crippen molar-refractivity contribution in [3.63, 3.8) is 0 Å². The molecule has 0 radical (unpaired) electrons. The number of likely N-dealkylation sites (tertiary alicyclic amines) is 1. The average Bonchev–Trinajstić information content (AvgIpc) is 3.63. The van der Waals surface area contributed by atoms with Gasteiger partial charge in [-0.2, -0.15) is 4.98 Å². The first kappa shape index (κ1) is 24.9. The minimum atomic E-state index is -0.907. The van der Waals surface area contributed by atoms with Gasteiger partial charge in [-0.15, -0.1) is 0 Å². The number of Topliss-reactive ketones (excluding diaryl/α,β-unsaturated/α-hetero) is 2. The van der Waals surface area contributed by atoms with Gasteiger partial charge in [-0.05, 0) is 71.9 Å². The topological polar surface area (TPSA) is 120 Å². The number of nitrogens with zero attached hydrogens (tertiary/aromatic N) is 3. The van der Waals surface area contributed by atoms with Crippen molar-refractivity contribution in [3.8, 4) is 5.88 Å². The molecule has 0 bridgehead atoms. The van der Waals surface area contributed by atoms with Crippen LogP contribution in [0.15, 0.2) is 5.57 Å². The number of hydrogen-bond donors (Lipinski definition) is 2. The van der Waals surface area contributed by atoms with Gasteiger partial charge in [-0.3, -0.25) is 19.8 Å². The third kappa shape index (κ3) is 4.01. The maximum Gasteiger partial charge on any atom is 0.222 e. The molecule has 9 heteroatoms. The van der Waals surface area contributed by atoms with Gasteiger partial charge in [0.1, 0.15) is 11.9 Å². The summed E-state index contributed by atoms with van der Waals surface area (Å²) in [5.41, 5.74) is 8.06. The van der Waals surface area contributed by atoms with Crippen molar-refractivity contribution >= 4 is 17.3 Å². The molecule has 1 aromatic heterocycles. The van der Waals surface area contributed by atoms with Gasteiger partial charge in [0.2, 0.25) is 5.88 Å². The van der Waals surface area contributed by atoms with Gasteiger partial charge < -0.3 is 15.2 Å². The average molecular weight is 510 g/mol. The SMILES string of the molecule is C[C@H](Oc1nc(/C(N)=C2\CCC[C@@]3(CCCCC3=O)C2=O)nc2c1CNC21CCOC1)[C@@H]1CCCN1C. The molecule has 200 valence electrons. The number of hydrogen-bond acceptors (Lipinski definition) is 9. The summed E-state index contributed by atoms with van der Waals surface area (Å²) in [5, 5.41) is 3.61. The van der Waals surface area contributed by atoms with E-state index in [1.54, 1.807) is 0 Å². The van der Waals surface area contributed by atoms with E-state index in [9.17, 15) is 9.59 Å². The van der Waals surface area contributed by atoms with Crippen LogP contribution in [0.4, 0.5) is 0 Å². The number of allylic oxidation sites excluding steroid dienone is 1. The van der Waals surface area contributed by atoms with Crippen LogP contribution in [0.3, 0.4) is 0 Å². The zero-order valence-corrected chi connectivity index (χ0v) is 22.1. The maximum absolute atomic E-state index is 13.8. The molecule has 2 saturated heterocycles. The van der Waals surface area contributed by atoms with Gasteiger partial charge >= 0.3 is 0 Å². The van der Waals surface area contributed by atoms with Crippen LogP contribution in [0.2, 0.25) is 0 Å². The quantitative estimate of drug-likeness (QED) is 0.466. The summed E-state index contributed by atoms with van der Waals surface area (Å²) < 4.78 is 12.3. The molecule has 0 aromatic carbocycles. The van der Waals surface area contributed by atoms with Gasteiger partial charge in [-0.1, -0.05) is 6.42 Å². The van der Waals surface area contributed by atoms with Crippen molar-refractivity contribution in [2.24, 2.45) is 11.1 Å². The monoisotopic (exact) mass is 509 g/mol. The molecule has 0 amide bonds. The van der Waals surface area contributed by atoms with Crippen molar-refractivity contribution < 1.29 is 19.1 Å². The molecular weight excluding hydrogens is 470 g/mol. The standard InChI is InChI=1S/C28H39N5O4/c1-17(20-8-6-13-33(20)2)37-26-19-15-30-28(12-14-36-16-28)23(19)31-25(32-26)22(29)18-7-5-11-27(24(18)35)10-4-3-9-21(27)34/h17,20,30H,3-16,29H2,1-2H3/b22-18-/t17-,20-,27+,28?/m0/s1. The lowest BCUT2D eigenvalue weighted by Crippen LogP contribution is -2.45. The van der Waals surface area contributed by atoms with Gasteiger partial charge in [0.05, 0.1) is 34.5 Å². The van der Waals surface area contributed by atoms with E-state index >= 15 is 0 Å². The van der Waals surface area contributed by atoms with Gasteiger partial charge in [0.25, 0.3) is 0 Å². The molecule has 3 aliphatic heterocycles. The summed E-state index contributed by atoms with van der Waals surface area (Å²) in [7, 11) is 2.14. The van der Waals surface area contributed by atoms with E-state index in [0.717, 1.165) is 56.3 Å². The number of nitrogens with one attached hydrogen (secondary N) is 1. The van der Waals surface area contributed by atoms with E-state index in [1.807, 2.05) is 0 Å². The van der Waals surface area contributed by atoms with Crippen LogP contribution in [-0.2, 0) is 26.4 Å². The lowest BCUT2D eigenvalue weighted by atomic mass is 9.62. The number of ketones is 2. The number of likely N-dealkylation sites (N-methyl/N-ethyl adjacent to an activating group) is 1. The van der Waals surface area contributed by atoms with Crippen molar-refractivity contribution in [2.75, 3.05) is 26.8 Å². The summed E-state index contributed by atoms with van der Waals surface area (Å²) in [6, 6.07) is 0.319. The van der Waals surface area contributed by atoms with Crippen molar-refractivity contribution in [3.05, 3.63) is 22.7 Å². The van der Waals surface area contributed by atoms with Crippen LogP contribution in [0, 0.1) is 5.41 Å². The predicted molar refractivity (Wildman–Crippen MR) is 138 cm³/mol. The summed E-state index contributed by atoms with van der Waals surface area (Å²) in [4.78, 5) is 38.9. The Balaban J connectivity index is 1.41. The number of carbonyl (C=O) groups excluding carboxylic acids is 2. The third-order valence-corrected chi connectivity index (χ3v) is 9.56. The molecule has 4 fully saturated rings. The Hall–Kier alpha value is -2.36. The highest BCUT2D eigenvalue weighted by molar-refractivity contribution is 6.17. The smallest absolute Gasteiger partial charge is 0.222 e. The zero-order valence-electron chi connectivity index (χ0n) is 22.1. The largest absolute Gasteiger partial charge is 0.473 e. The summed E-state index contributed by atoms with van der Waals surface area (Å²) >= 11 is 0. The molecule has 2 aliphatic carbocycles. The first-order valence-electron chi connectivity index (χ1n) is 14.0. The molecular formula is C28H39N5O4. The van der Waals surface area contributed by atoms with Gasteiger partial charge in [-0.25, -0.2) is 4.98 Å². The van der Waals surface area contributed by atoms with E-state index < -0.39 is 5.41 Å². The van der Waals surface area contributed by atoms with E-state index in [0.29, 0.717) is 74.5 Å². The fourth-order valence-electron chi connectivity index (χ4n) is 7.32. The van der Waals surface area contributed by atoms with Crippen LogP contribution in [0.25, 0.3) is 5.70 Å². The van der Waals surface area contributed by atoms with Gasteiger partial charge in [0.15, 0.2) is 11.6 Å². The molecule has 3 N–H and O–H groups in total. The van der Waals surface area contributed by atoms with E-state index in [-0.39, 0.29) is 23.2 Å². The van der Waals surface area contributed by atoms with Crippen molar-refractivity contribution in [1.29, 1.82) is 0 Å². The minimum absolute atomic E-state index is 0.0518. The first-order valence-corrected chi connectivity index (χ1v) is 14.0. The zero-order chi connectivity index (χ0) is 25.8. The lowest BCUT2D eigenvalue weighted by Gasteiger charge is -2.38. The fraction of sp³-hybridized carbons (Fsp3) is 0.714. The maximum atomic E-state index is 13.8. The second-order valence-electron chi connectivity index (χ2n) is 11.7. The Kier molecular flexibility index (Phi) is 6.36. The lowest BCUT2D eigenvalue weighted by molar-refractivity contribution is -0.143. The number of ether oxygens (including phenoxy) is 2. The number of aromatic nitrogens is 2. The van der Waals surface area contributed by atoms with Crippen LogP contribution in [0.5, 0.6) is 5.88 Å². The normalized spacial score (nSPS) is 34.4. The summed E-state index contributed by atoms with van der Waals surface area (Å²) in [6.07, 6.45) is 7.81. The Bertz CT molecular complexity index is 1140. The molecule has 37 heavy (non-hydrogen) atoms. The first-order chi connectivity index (χ1) is 17.8. The molecule has 1 unspecified atom stereocenters. The van der Waals surface area contributed by atoms with Crippen LogP contribution in [-0.4, -0.2) is 65.4 Å². The number of nitrogens with two attached hydrogens (primary N) is 1. The van der Waals surface area contributed by atoms with Crippen molar-refractivity contribution in [2.45, 2.75) is 95.4 Å². The minimum Gasteiger partial charge on any atom is -0.473 e. The molecule has 6 rings (SSSR count). The fourth-order valence-corrected chi connectivity index (χ4v) is 7.32. The number of carbonyl (C=O) groups is 2. The van der Waals surface area contributed by atoms with E-state index in [2.05, 4.69) is 24.2 Å². The highest BCUT2D eigenvalue weighted by atomic mass is 16.5. The molecule has 9 nitrogen and oxygen atoms in total. The Morgan fingerprint density at radius 2 is 2.00 bits per heavy atom. The van der Waals surface area contributed by atoms with Crippen LogP contribution in [0.1, 0.15) is 88.2 Å². The van der Waals surface area contributed by atoms with Gasteiger partial charge in [0, 0.05) is 31.2 Å². The molecule has 4 atom stereocenters. The second-order valence-corrected chi connectivity index (χ2v) is 11.7. The molecule has 5 aliphatic rings. The Morgan fingerprint density at radius 1 is 1.16 bits per heavy atom. The van der Waals surface area contributed by atoms with E-state index in [4.69, 9.17) is 25.2 Å². The number of rotatable bonds is 4. The molecule has 2 spiro atoms. The number of fused-ring (bicyclic) bond motifs is 2. The summed E-state index contributed by atoms with van der Waals surface area (Å²) in [5.74, 6) is 0.845. The highest BCUT2D eigenvalue weighted by Crippen LogP contribution is 2.46. The highest BCUT2D eigenvalue weighted by Gasteiger charge is 2.50. The van der Waals surface area contributed by atoms with E-state index in [1.165, 1.54) is 0 Å². The van der Waals surface area contributed by atoms with Crippen LogP contribution >= 0.6 is 0 Å². The van der Waals surface area contributed by atoms with Crippen molar-refractivity contribution in [1.82, 2.24) is 20.2 Å². The third-order valence-electron chi connectivity index (χ3n) is 9.56. The predicted octanol–water partition coefficient (Wildman–Crippen LogP) is 2.61. The second kappa shape index (κ2) is 9.43. The molecule has 4 heterocycles. The van der Waals surface area contributed by atoms with Crippen LogP contribution < -0.4 is 15.8 Å².